The number of nitrogens with one attached hydrogen (secondary N) is 1. The molecule has 1 aliphatic rings. The Hall–Kier alpha value is -0.770. The van der Waals surface area contributed by atoms with Gasteiger partial charge in [0, 0.05) is 19.1 Å². The van der Waals surface area contributed by atoms with Crippen molar-refractivity contribution in [2.75, 3.05) is 13.1 Å². The second-order valence-corrected chi connectivity index (χ2v) is 8.35. The lowest BCUT2D eigenvalue weighted by Crippen LogP contribution is -2.50. The van der Waals surface area contributed by atoms with Crippen molar-refractivity contribution in [3.05, 3.63) is 0 Å². The molecule has 22 heavy (non-hydrogen) atoms. The van der Waals surface area contributed by atoms with Crippen LogP contribution in [0.5, 0.6) is 0 Å². The van der Waals surface area contributed by atoms with Gasteiger partial charge in [-0.3, -0.25) is 0 Å². The van der Waals surface area contributed by atoms with Crippen LogP contribution >= 0.6 is 0 Å². The van der Waals surface area contributed by atoms with Crippen molar-refractivity contribution in [2.45, 2.75) is 79.4 Å². The van der Waals surface area contributed by atoms with E-state index in [1.807, 2.05) is 4.90 Å². The largest absolute Gasteiger partial charge is 0.393 e. The molecule has 0 radical (unpaired) electrons. The highest BCUT2D eigenvalue weighted by molar-refractivity contribution is 5.74. The molecule has 0 saturated carbocycles. The van der Waals surface area contributed by atoms with E-state index in [1.54, 1.807) is 6.92 Å². The van der Waals surface area contributed by atoms with E-state index < -0.39 is 0 Å². The number of hydrogen-bond donors (Lipinski definition) is 2. The number of carbonyl (C=O) groups is 1. The highest BCUT2D eigenvalue weighted by Crippen LogP contribution is 2.26. The molecule has 2 N–H and O–H groups in total. The zero-order chi connectivity index (χ0) is 16.9. The molecule has 1 aliphatic heterocycles. The number of rotatable bonds is 5. The molecule has 2 amide bonds. The number of amides is 2. The Balaban J connectivity index is 2.64. The van der Waals surface area contributed by atoms with Gasteiger partial charge in [-0.05, 0) is 49.9 Å². The van der Waals surface area contributed by atoms with Crippen LogP contribution in [-0.4, -0.2) is 41.3 Å². The monoisotopic (exact) mass is 312 g/mol. The zero-order valence-electron chi connectivity index (χ0n) is 15.4. The molecule has 0 aromatic heterocycles. The molecular weight excluding hydrogens is 276 g/mol. The van der Waals surface area contributed by atoms with Crippen LogP contribution in [0, 0.1) is 17.3 Å². The maximum absolute atomic E-state index is 12.7. The zero-order valence-corrected chi connectivity index (χ0v) is 15.4. The van der Waals surface area contributed by atoms with Crippen molar-refractivity contribution in [2.24, 2.45) is 17.3 Å². The van der Waals surface area contributed by atoms with E-state index in [1.165, 1.54) is 6.42 Å². The minimum Gasteiger partial charge on any atom is -0.393 e. The van der Waals surface area contributed by atoms with E-state index in [0.29, 0.717) is 30.8 Å². The highest BCUT2D eigenvalue weighted by Gasteiger charge is 2.30. The fourth-order valence-electron chi connectivity index (χ4n) is 3.51. The average Bonchev–Trinajstić information content (AvgIpc) is 2.56. The molecular formula is C18H36N2O2. The summed E-state index contributed by atoms with van der Waals surface area (Å²) in [7, 11) is 0. The lowest BCUT2D eigenvalue weighted by atomic mass is 9.87. The summed E-state index contributed by atoms with van der Waals surface area (Å²) in [6.45, 7) is 14.1. The summed E-state index contributed by atoms with van der Waals surface area (Å²) in [5.74, 6) is 1.19. The van der Waals surface area contributed by atoms with Crippen molar-refractivity contribution in [1.29, 1.82) is 0 Å². The summed E-state index contributed by atoms with van der Waals surface area (Å²) in [6.07, 6.45) is 3.75. The van der Waals surface area contributed by atoms with Gasteiger partial charge in [0.2, 0.25) is 0 Å². The van der Waals surface area contributed by atoms with Crippen molar-refractivity contribution in [1.82, 2.24) is 10.2 Å². The Morgan fingerprint density at radius 1 is 1.27 bits per heavy atom. The SMILES string of the molecule is CC(C)[C@H]1CC[C@H](C)CCN1C(=O)NCC(C)(C)C[C@H](C)O. The van der Waals surface area contributed by atoms with Crippen molar-refractivity contribution < 1.29 is 9.90 Å². The second kappa shape index (κ2) is 8.19. The second-order valence-electron chi connectivity index (χ2n) is 8.35. The molecule has 3 atom stereocenters. The van der Waals surface area contributed by atoms with Crippen LogP contribution in [0.3, 0.4) is 0 Å². The molecule has 1 heterocycles. The molecule has 0 aromatic carbocycles. The molecule has 0 unspecified atom stereocenters. The fourth-order valence-corrected chi connectivity index (χ4v) is 3.51. The smallest absolute Gasteiger partial charge is 0.317 e. The third-order valence-electron chi connectivity index (χ3n) is 4.81. The summed E-state index contributed by atoms with van der Waals surface area (Å²) in [4.78, 5) is 14.7. The molecule has 1 saturated heterocycles. The van der Waals surface area contributed by atoms with Gasteiger partial charge in [0.1, 0.15) is 0 Å². The maximum atomic E-state index is 12.7. The first kappa shape index (κ1) is 19.3. The van der Waals surface area contributed by atoms with Crippen LogP contribution < -0.4 is 5.32 Å². The molecule has 130 valence electrons. The first-order valence-electron chi connectivity index (χ1n) is 8.85. The molecule has 0 aromatic rings. The number of aliphatic hydroxyl groups is 1. The normalized spacial score (nSPS) is 25.0. The topological polar surface area (TPSA) is 52.6 Å². The molecule has 0 bridgehead atoms. The van der Waals surface area contributed by atoms with Gasteiger partial charge < -0.3 is 15.3 Å². The van der Waals surface area contributed by atoms with Gasteiger partial charge in [0.05, 0.1) is 6.10 Å². The Morgan fingerprint density at radius 2 is 1.91 bits per heavy atom. The number of aliphatic hydroxyl groups excluding tert-OH is 1. The standard InChI is InChI=1S/C18H36N2O2/c1-13(2)16-8-7-14(3)9-10-20(16)17(22)19-12-18(5,6)11-15(4)21/h13-16,21H,7-12H2,1-6H3,(H,19,22)/t14-,15-,16+/m0/s1. The Morgan fingerprint density at radius 3 is 2.45 bits per heavy atom. The van der Waals surface area contributed by atoms with Gasteiger partial charge in [0.25, 0.3) is 0 Å². The highest BCUT2D eigenvalue weighted by atomic mass is 16.3. The Bertz CT molecular complexity index is 353. The van der Waals surface area contributed by atoms with Crippen molar-refractivity contribution in [3.8, 4) is 0 Å². The van der Waals surface area contributed by atoms with Gasteiger partial charge >= 0.3 is 6.03 Å². The van der Waals surface area contributed by atoms with Crippen LogP contribution in [0.4, 0.5) is 4.79 Å². The predicted octanol–water partition coefficient (Wildman–Crippen LogP) is 3.64. The van der Waals surface area contributed by atoms with E-state index in [2.05, 4.69) is 39.9 Å². The van der Waals surface area contributed by atoms with Gasteiger partial charge in [-0.25, -0.2) is 4.79 Å². The maximum Gasteiger partial charge on any atom is 0.317 e. The molecule has 1 fully saturated rings. The number of carbonyl (C=O) groups excluding carboxylic acids is 1. The molecule has 0 aliphatic carbocycles. The minimum absolute atomic E-state index is 0.0615. The van der Waals surface area contributed by atoms with E-state index in [4.69, 9.17) is 0 Å². The van der Waals surface area contributed by atoms with E-state index >= 15 is 0 Å². The van der Waals surface area contributed by atoms with Crippen molar-refractivity contribution in [3.63, 3.8) is 0 Å². The lowest BCUT2D eigenvalue weighted by molar-refractivity contribution is 0.122. The summed E-state index contributed by atoms with van der Waals surface area (Å²) in [5.41, 5.74) is -0.0870. The van der Waals surface area contributed by atoms with Crippen LogP contribution in [0.2, 0.25) is 0 Å². The minimum atomic E-state index is -0.339. The lowest BCUT2D eigenvalue weighted by Gasteiger charge is -2.34. The van der Waals surface area contributed by atoms with E-state index in [9.17, 15) is 9.90 Å². The quantitative estimate of drug-likeness (QED) is 0.814. The van der Waals surface area contributed by atoms with Crippen LogP contribution in [0.1, 0.15) is 67.2 Å². The van der Waals surface area contributed by atoms with Gasteiger partial charge in [-0.2, -0.15) is 0 Å². The molecule has 0 spiro atoms. The van der Waals surface area contributed by atoms with Gasteiger partial charge in [-0.15, -0.1) is 0 Å². The number of urea groups is 1. The summed E-state index contributed by atoms with van der Waals surface area (Å²) in [6, 6.07) is 0.399. The van der Waals surface area contributed by atoms with Crippen LogP contribution in [0.15, 0.2) is 0 Å². The number of likely N-dealkylation sites (tertiary alicyclic amines) is 1. The average molecular weight is 312 g/mol. The van der Waals surface area contributed by atoms with Crippen LogP contribution in [-0.2, 0) is 0 Å². The molecule has 4 heteroatoms. The number of hydrogen-bond acceptors (Lipinski definition) is 2. The Kier molecular flexibility index (Phi) is 7.17. The van der Waals surface area contributed by atoms with E-state index in [0.717, 1.165) is 19.4 Å². The Labute approximate surface area is 136 Å². The number of nitrogens with zero attached hydrogens (tertiary/aromatic N) is 1. The predicted molar refractivity (Wildman–Crippen MR) is 91.8 cm³/mol. The van der Waals surface area contributed by atoms with E-state index in [-0.39, 0.29) is 17.6 Å². The first-order chi connectivity index (χ1) is 10.1. The van der Waals surface area contributed by atoms with Gasteiger partial charge in [0.15, 0.2) is 0 Å². The third kappa shape index (κ3) is 6.15. The summed E-state index contributed by atoms with van der Waals surface area (Å²) in [5, 5.41) is 12.7. The van der Waals surface area contributed by atoms with Crippen LogP contribution in [0.25, 0.3) is 0 Å². The summed E-state index contributed by atoms with van der Waals surface area (Å²) < 4.78 is 0. The summed E-state index contributed by atoms with van der Waals surface area (Å²) >= 11 is 0. The first-order valence-corrected chi connectivity index (χ1v) is 8.85. The van der Waals surface area contributed by atoms with Crippen molar-refractivity contribution >= 4 is 6.03 Å². The fraction of sp³-hybridized carbons (Fsp3) is 0.944. The molecule has 4 nitrogen and oxygen atoms in total. The molecule has 1 rings (SSSR count). The van der Waals surface area contributed by atoms with Gasteiger partial charge in [-0.1, -0.05) is 34.6 Å². The third-order valence-corrected chi connectivity index (χ3v) is 4.81.